The van der Waals surface area contributed by atoms with E-state index < -0.39 is 12.0 Å². The number of amides is 2. The van der Waals surface area contributed by atoms with Crippen LogP contribution < -0.4 is 10.2 Å². The molecular formula is C19H18N2O4. The Hall–Kier alpha value is -3.15. The first-order valence-electron chi connectivity index (χ1n) is 8.05. The van der Waals surface area contributed by atoms with E-state index in [0.29, 0.717) is 0 Å². The van der Waals surface area contributed by atoms with Crippen molar-refractivity contribution in [1.82, 2.24) is 0 Å². The number of aryl methyl sites for hydroxylation is 1. The summed E-state index contributed by atoms with van der Waals surface area (Å²) in [5.41, 5.74) is 2.26. The van der Waals surface area contributed by atoms with E-state index in [-0.39, 0.29) is 29.5 Å². The third-order valence-corrected chi connectivity index (χ3v) is 4.20. The zero-order valence-corrected chi connectivity index (χ0v) is 13.7. The van der Waals surface area contributed by atoms with Gasteiger partial charge in [-0.1, -0.05) is 25.1 Å². The Balaban J connectivity index is 1.80. The summed E-state index contributed by atoms with van der Waals surface area (Å²) in [6, 6.07) is 12.9. The summed E-state index contributed by atoms with van der Waals surface area (Å²) in [5.74, 6) is -1.84. The first-order valence-corrected chi connectivity index (χ1v) is 8.05. The number of benzene rings is 2. The van der Waals surface area contributed by atoms with Crippen LogP contribution in [-0.2, 0) is 16.0 Å². The molecule has 1 heterocycles. The summed E-state index contributed by atoms with van der Waals surface area (Å²) in [4.78, 5) is 37.0. The van der Waals surface area contributed by atoms with Gasteiger partial charge in [-0.25, -0.2) is 9.69 Å². The molecule has 128 valence electrons. The first kappa shape index (κ1) is 16.7. The van der Waals surface area contributed by atoms with Gasteiger partial charge >= 0.3 is 5.97 Å². The largest absolute Gasteiger partial charge is 0.478 e. The average molecular weight is 338 g/mol. The van der Waals surface area contributed by atoms with Crippen molar-refractivity contribution in [3.63, 3.8) is 0 Å². The molecule has 0 bridgehead atoms. The summed E-state index contributed by atoms with van der Waals surface area (Å²) < 4.78 is 0. The molecule has 1 atom stereocenters. The van der Waals surface area contributed by atoms with Crippen LogP contribution in [0.4, 0.5) is 11.4 Å². The lowest BCUT2D eigenvalue weighted by molar-refractivity contribution is -0.121. The number of carbonyl (C=O) groups excluding carboxylic acids is 2. The van der Waals surface area contributed by atoms with Crippen molar-refractivity contribution in [3.8, 4) is 0 Å². The van der Waals surface area contributed by atoms with Crippen LogP contribution in [0.1, 0.15) is 29.3 Å². The monoisotopic (exact) mass is 338 g/mol. The van der Waals surface area contributed by atoms with Crippen molar-refractivity contribution in [2.45, 2.75) is 25.8 Å². The lowest BCUT2D eigenvalue weighted by Crippen LogP contribution is -2.34. The van der Waals surface area contributed by atoms with Crippen molar-refractivity contribution >= 4 is 29.2 Å². The topological polar surface area (TPSA) is 86.7 Å². The fourth-order valence-corrected chi connectivity index (χ4v) is 2.83. The van der Waals surface area contributed by atoms with Crippen molar-refractivity contribution in [3.05, 3.63) is 59.7 Å². The number of anilines is 2. The molecule has 1 saturated heterocycles. The number of hydrogen-bond donors (Lipinski definition) is 2. The molecule has 1 unspecified atom stereocenters. The van der Waals surface area contributed by atoms with E-state index in [1.54, 1.807) is 6.07 Å². The number of imide groups is 1. The SMILES string of the molecule is CCc1ccc(NC2CC(=O)N(c3cccc(C(=O)O)c3)C2=O)cc1. The average Bonchev–Trinajstić information content (AvgIpc) is 2.89. The Labute approximate surface area is 145 Å². The van der Waals surface area contributed by atoms with Gasteiger partial charge in [0.25, 0.3) is 5.91 Å². The number of rotatable bonds is 5. The zero-order chi connectivity index (χ0) is 18.0. The molecule has 6 nitrogen and oxygen atoms in total. The maximum Gasteiger partial charge on any atom is 0.335 e. The molecular weight excluding hydrogens is 320 g/mol. The van der Waals surface area contributed by atoms with Crippen LogP contribution in [0.15, 0.2) is 48.5 Å². The summed E-state index contributed by atoms with van der Waals surface area (Å²) in [6.45, 7) is 2.06. The number of nitrogens with one attached hydrogen (secondary N) is 1. The van der Waals surface area contributed by atoms with E-state index in [2.05, 4.69) is 12.2 Å². The van der Waals surface area contributed by atoms with Gasteiger partial charge in [-0.05, 0) is 42.3 Å². The van der Waals surface area contributed by atoms with Crippen molar-refractivity contribution in [2.75, 3.05) is 10.2 Å². The van der Waals surface area contributed by atoms with E-state index in [1.807, 2.05) is 24.3 Å². The number of carboxylic acid groups (broad SMARTS) is 1. The molecule has 2 N–H and O–H groups in total. The zero-order valence-electron chi connectivity index (χ0n) is 13.7. The Morgan fingerprint density at radius 3 is 2.56 bits per heavy atom. The first-order chi connectivity index (χ1) is 12.0. The lowest BCUT2D eigenvalue weighted by atomic mass is 10.1. The van der Waals surface area contributed by atoms with Crippen LogP contribution in [0, 0.1) is 0 Å². The lowest BCUT2D eigenvalue weighted by Gasteiger charge is -2.16. The van der Waals surface area contributed by atoms with Gasteiger partial charge in [-0.3, -0.25) is 9.59 Å². The van der Waals surface area contributed by atoms with Crippen LogP contribution in [0.25, 0.3) is 0 Å². The van der Waals surface area contributed by atoms with E-state index in [4.69, 9.17) is 5.11 Å². The number of carboxylic acids is 1. The summed E-state index contributed by atoms with van der Waals surface area (Å²) >= 11 is 0. The van der Waals surface area contributed by atoms with Crippen LogP contribution in [0.3, 0.4) is 0 Å². The van der Waals surface area contributed by atoms with Gasteiger partial charge in [0.2, 0.25) is 5.91 Å². The summed E-state index contributed by atoms with van der Waals surface area (Å²) in [5, 5.41) is 12.2. The van der Waals surface area contributed by atoms with Crippen LogP contribution in [-0.4, -0.2) is 28.9 Å². The highest BCUT2D eigenvalue weighted by atomic mass is 16.4. The number of hydrogen-bond acceptors (Lipinski definition) is 4. The molecule has 0 aromatic heterocycles. The van der Waals surface area contributed by atoms with Gasteiger partial charge in [0, 0.05) is 5.69 Å². The van der Waals surface area contributed by atoms with Crippen molar-refractivity contribution in [1.29, 1.82) is 0 Å². The summed E-state index contributed by atoms with van der Waals surface area (Å²) in [7, 11) is 0. The smallest absolute Gasteiger partial charge is 0.335 e. The Kier molecular flexibility index (Phi) is 4.52. The molecule has 3 rings (SSSR count). The number of nitrogens with zero attached hydrogens (tertiary/aromatic N) is 1. The Bertz CT molecular complexity index is 830. The van der Waals surface area contributed by atoms with Gasteiger partial charge in [-0.2, -0.15) is 0 Å². The van der Waals surface area contributed by atoms with Gasteiger partial charge < -0.3 is 10.4 Å². The number of carbonyl (C=O) groups is 3. The molecule has 2 aromatic carbocycles. The van der Waals surface area contributed by atoms with Gasteiger partial charge in [-0.15, -0.1) is 0 Å². The third-order valence-electron chi connectivity index (χ3n) is 4.20. The predicted molar refractivity (Wildman–Crippen MR) is 93.7 cm³/mol. The van der Waals surface area contributed by atoms with Crippen molar-refractivity contribution < 1.29 is 19.5 Å². The molecule has 0 spiro atoms. The maximum absolute atomic E-state index is 12.6. The standard InChI is InChI=1S/C19H18N2O4/c1-2-12-6-8-14(9-7-12)20-16-11-17(22)21(18(16)23)15-5-3-4-13(10-15)19(24)25/h3-10,16,20H,2,11H2,1H3,(H,24,25). The summed E-state index contributed by atoms with van der Waals surface area (Å²) in [6.07, 6.45) is 0.959. The molecule has 6 heteroatoms. The normalized spacial score (nSPS) is 17.0. The number of aromatic carboxylic acids is 1. The minimum absolute atomic E-state index is 0.0321. The van der Waals surface area contributed by atoms with Crippen LogP contribution >= 0.6 is 0 Å². The van der Waals surface area contributed by atoms with Gasteiger partial charge in [0.1, 0.15) is 6.04 Å². The fourth-order valence-electron chi connectivity index (χ4n) is 2.83. The van der Waals surface area contributed by atoms with Crippen molar-refractivity contribution in [2.24, 2.45) is 0 Å². The molecule has 1 fully saturated rings. The van der Waals surface area contributed by atoms with Gasteiger partial charge in [0.05, 0.1) is 17.7 Å². The second kappa shape index (κ2) is 6.76. The van der Waals surface area contributed by atoms with E-state index in [9.17, 15) is 14.4 Å². The Morgan fingerprint density at radius 2 is 1.92 bits per heavy atom. The molecule has 25 heavy (non-hydrogen) atoms. The van der Waals surface area contributed by atoms with E-state index in [1.165, 1.54) is 23.8 Å². The molecule has 1 aliphatic heterocycles. The van der Waals surface area contributed by atoms with Gasteiger partial charge in [0.15, 0.2) is 0 Å². The minimum Gasteiger partial charge on any atom is -0.478 e. The van der Waals surface area contributed by atoms with Crippen LogP contribution in [0.2, 0.25) is 0 Å². The fraction of sp³-hybridized carbons (Fsp3) is 0.211. The van der Waals surface area contributed by atoms with E-state index >= 15 is 0 Å². The highest BCUT2D eigenvalue weighted by Crippen LogP contribution is 2.26. The Morgan fingerprint density at radius 1 is 1.20 bits per heavy atom. The van der Waals surface area contributed by atoms with Crippen LogP contribution in [0.5, 0.6) is 0 Å². The third kappa shape index (κ3) is 3.38. The highest BCUT2D eigenvalue weighted by Gasteiger charge is 2.39. The second-order valence-electron chi connectivity index (χ2n) is 5.87. The second-order valence-corrected chi connectivity index (χ2v) is 5.87. The molecule has 2 aromatic rings. The molecule has 0 saturated carbocycles. The minimum atomic E-state index is -1.10. The quantitative estimate of drug-likeness (QED) is 0.819. The molecule has 1 aliphatic rings. The predicted octanol–water partition coefficient (Wildman–Crippen LogP) is 2.69. The molecule has 2 amide bonds. The highest BCUT2D eigenvalue weighted by molar-refractivity contribution is 6.23. The maximum atomic E-state index is 12.6. The van der Waals surface area contributed by atoms with E-state index in [0.717, 1.165) is 17.0 Å². The molecule has 0 aliphatic carbocycles. The molecule has 0 radical (unpaired) electrons.